The van der Waals surface area contributed by atoms with Gasteiger partial charge in [-0.15, -0.1) is 0 Å². The summed E-state index contributed by atoms with van der Waals surface area (Å²) in [4.78, 5) is 31.1. The third-order valence-corrected chi connectivity index (χ3v) is 6.32. The first-order valence-corrected chi connectivity index (χ1v) is 10.0. The van der Waals surface area contributed by atoms with Crippen molar-refractivity contribution in [1.29, 1.82) is 0 Å². The molecular formula is C21H29N3O2. The molecular weight excluding hydrogens is 326 g/mol. The van der Waals surface area contributed by atoms with Gasteiger partial charge in [-0.1, -0.05) is 30.3 Å². The van der Waals surface area contributed by atoms with Gasteiger partial charge in [0.05, 0.1) is 6.54 Å². The van der Waals surface area contributed by atoms with Crippen molar-refractivity contribution in [3.05, 3.63) is 35.9 Å². The van der Waals surface area contributed by atoms with E-state index in [-0.39, 0.29) is 18.4 Å². The summed E-state index contributed by atoms with van der Waals surface area (Å²) in [5.41, 5.74) is 1.25. The number of benzene rings is 1. The Balaban J connectivity index is 1.20. The third kappa shape index (κ3) is 3.93. The van der Waals surface area contributed by atoms with Crippen molar-refractivity contribution in [3.63, 3.8) is 0 Å². The minimum atomic E-state index is 0.0840. The standard InChI is InChI=1S/C21H29N3O2/c25-20(9-11-23-15-18-6-7-19(23)14-18)24-13-12-22(21(26)16-24)10-8-17-4-2-1-3-5-17/h1-5,18-19H,6-16H2/t18-,19+/m0/s1. The van der Waals surface area contributed by atoms with Crippen LogP contribution in [0.15, 0.2) is 30.3 Å². The van der Waals surface area contributed by atoms with Crippen LogP contribution in [0.3, 0.4) is 0 Å². The van der Waals surface area contributed by atoms with Gasteiger partial charge < -0.3 is 9.80 Å². The molecule has 3 aliphatic rings. The number of rotatable bonds is 6. The summed E-state index contributed by atoms with van der Waals surface area (Å²) in [6.07, 6.45) is 5.43. The summed E-state index contributed by atoms with van der Waals surface area (Å²) >= 11 is 0. The van der Waals surface area contributed by atoms with Gasteiger partial charge in [0.1, 0.15) is 0 Å². The van der Waals surface area contributed by atoms with Gasteiger partial charge in [-0.3, -0.25) is 14.5 Å². The Morgan fingerprint density at radius 1 is 1.08 bits per heavy atom. The number of piperazine rings is 1. The molecule has 2 amide bonds. The number of likely N-dealkylation sites (tertiary alicyclic amines) is 1. The molecule has 1 aliphatic carbocycles. The van der Waals surface area contributed by atoms with Crippen molar-refractivity contribution in [1.82, 2.24) is 14.7 Å². The Morgan fingerprint density at radius 3 is 2.62 bits per heavy atom. The highest BCUT2D eigenvalue weighted by Gasteiger charge is 2.37. The van der Waals surface area contributed by atoms with E-state index < -0.39 is 0 Å². The lowest BCUT2D eigenvalue weighted by molar-refractivity contribution is -0.145. The second kappa shape index (κ2) is 7.78. The van der Waals surface area contributed by atoms with Crippen molar-refractivity contribution < 1.29 is 9.59 Å². The SMILES string of the molecule is O=C1CN(C(=O)CCN2C[C@H]3CC[C@@H]2C3)CCN1CCc1ccccc1. The van der Waals surface area contributed by atoms with Gasteiger partial charge in [0.15, 0.2) is 0 Å². The van der Waals surface area contributed by atoms with Crippen LogP contribution >= 0.6 is 0 Å². The topological polar surface area (TPSA) is 43.9 Å². The summed E-state index contributed by atoms with van der Waals surface area (Å²) in [5, 5.41) is 0. The molecule has 2 bridgehead atoms. The quantitative estimate of drug-likeness (QED) is 0.781. The van der Waals surface area contributed by atoms with Crippen LogP contribution in [0.4, 0.5) is 0 Å². The van der Waals surface area contributed by atoms with Gasteiger partial charge in [-0.05, 0) is 37.2 Å². The molecule has 1 aromatic carbocycles. The van der Waals surface area contributed by atoms with Crippen molar-refractivity contribution in [2.24, 2.45) is 5.92 Å². The molecule has 1 aromatic rings. The van der Waals surface area contributed by atoms with E-state index in [1.165, 1.54) is 31.4 Å². The van der Waals surface area contributed by atoms with Crippen LogP contribution in [0.5, 0.6) is 0 Å². The normalized spacial score (nSPS) is 25.9. The first-order valence-electron chi connectivity index (χ1n) is 10.0. The molecule has 5 heteroatoms. The van der Waals surface area contributed by atoms with E-state index in [4.69, 9.17) is 0 Å². The van der Waals surface area contributed by atoms with E-state index in [1.807, 2.05) is 23.1 Å². The molecule has 5 nitrogen and oxygen atoms in total. The molecule has 0 aromatic heterocycles. The van der Waals surface area contributed by atoms with Crippen LogP contribution in [0.1, 0.15) is 31.2 Å². The lowest BCUT2D eigenvalue weighted by Crippen LogP contribution is -2.53. The maximum absolute atomic E-state index is 12.5. The summed E-state index contributed by atoms with van der Waals surface area (Å²) < 4.78 is 0. The van der Waals surface area contributed by atoms with Crippen molar-refractivity contribution in [2.45, 2.75) is 38.1 Å². The molecule has 2 saturated heterocycles. The first kappa shape index (κ1) is 17.5. The number of carbonyl (C=O) groups excluding carboxylic acids is 2. The zero-order valence-corrected chi connectivity index (χ0v) is 15.5. The third-order valence-electron chi connectivity index (χ3n) is 6.32. The highest BCUT2D eigenvalue weighted by Crippen LogP contribution is 2.37. The smallest absolute Gasteiger partial charge is 0.242 e. The van der Waals surface area contributed by atoms with E-state index in [2.05, 4.69) is 17.0 Å². The fourth-order valence-electron chi connectivity index (χ4n) is 4.76. The van der Waals surface area contributed by atoms with Crippen molar-refractivity contribution >= 4 is 11.8 Å². The number of amides is 2. The number of hydrogen-bond donors (Lipinski definition) is 0. The second-order valence-corrected chi connectivity index (χ2v) is 8.01. The Kier molecular flexibility index (Phi) is 5.25. The highest BCUT2D eigenvalue weighted by atomic mass is 16.2. The number of nitrogens with zero attached hydrogens (tertiary/aromatic N) is 3. The minimum absolute atomic E-state index is 0.0840. The summed E-state index contributed by atoms with van der Waals surface area (Å²) in [6, 6.07) is 11.0. The first-order chi connectivity index (χ1) is 12.7. The van der Waals surface area contributed by atoms with E-state index >= 15 is 0 Å². The Hall–Kier alpha value is -1.88. The van der Waals surface area contributed by atoms with Crippen LogP contribution in [0, 0.1) is 5.92 Å². The highest BCUT2D eigenvalue weighted by molar-refractivity contribution is 5.86. The van der Waals surface area contributed by atoms with Crippen LogP contribution < -0.4 is 0 Å². The molecule has 2 heterocycles. The number of hydrogen-bond acceptors (Lipinski definition) is 3. The monoisotopic (exact) mass is 355 g/mol. The van der Waals surface area contributed by atoms with Crippen molar-refractivity contribution in [3.8, 4) is 0 Å². The average molecular weight is 355 g/mol. The molecule has 0 radical (unpaired) electrons. The van der Waals surface area contributed by atoms with Crippen molar-refractivity contribution in [2.75, 3.05) is 39.3 Å². The van der Waals surface area contributed by atoms with Gasteiger partial charge in [-0.25, -0.2) is 0 Å². The van der Waals surface area contributed by atoms with Gasteiger partial charge in [0, 0.05) is 45.2 Å². The number of fused-ring (bicyclic) bond motifs is 2. The van der Waals surface area contributed by atoms with E-state index in [0.717, 1.165) is 25.4 Å². The molecule has 4 rings (SSSR count). The molecule has 2 atom stereocenters. The molecule has 140 valence electrons. The molecule has 0 unspecified atom stereocenters. The zero-order valence-electron chi connectivity index (χ0n) is 15.5. The fourth-order valence-corrected chi connectivity index (χ4v) is 4.76. The van der Waals surface area contributed by atoms with Crippen LogP contribution in [-0.4, -0.2) is 71.8 Å². The maximum atomic E-state index is 12.5. The largest absolute Gasteiger partial charge is 0.339 e. The van der Waals surface area contributed by atoms with E-state index in [0.29, 0.717) is 25.6 Å². The molecule has 0 N–H and O–H groups in total. The molecule has 0 spiro atoms. The van der Waals surface area contributed by atoms with Crippen LogP contribution in [-0.2, 0) is 16.0 Å². The van der Waals surface area contributed by atoms with Crippen LogP contribution in [0.2, 0.25) is 0 Å². The summed E-state index contributed by atoms with van der Waals surface area (Å²) in [7, 11) is 0. The summed E-state index contributed by atoms with van der Waals surface area (Å²) in [6.45, 7) is 4.35. The summed E-state index contributed by atoms with van der Waals surface area (Å²) in [5.74, 6) is 1.09. The van der Waals surface area contributed by atoms with Gasteiger partial charge in [-0.2, -0.15) is 0 Å². The lowest BCUT2D eigenvalue weighted by Gasteiger charge is -2.35. The Labute approximate surface area is 155 Å². The molecule has 2 aliphatic heterocycles. The molecule has 3 fully saturated rings. The predicted molar refractivity (Wildman–Crippen MR) is 101 cm³/mol. The zero-order chi connectivity index (χ0) is 17.9. The van der Waals surface area contributed by atoms with E-state index in [9.17, 15) is 9.59 Å². The predicted octanol–water partition coefficient (Wildman–Crippen LogP) is 1.77. The second-order valence-electron chi connectivity index (χ2n) is 8.01. The van der Waals surface area contributed by atoms with Gasteiger partial charge in [0.25, 0.3) is 0 Å². The maximum Gasteiger partial charge on any atom is 0.242 e. The fraction of sp³-hybridized carbons (Fsp3) is 0.619. The van der Waals surface area contributed by atoms with Crippen LogP contribution in [0.25, 0.3) is 0 Å². The molecule has 26 heavy (non-hydrogen) atoms. The Morgan fingerprint density at radius 2 is 1.92 bits per heavy atom. The number of carbonyl (C=O) groups is 2. The van der Waals surface area contributed by atoms with Gasteiger partial charge >= 0.3 is 0 Å². The number of piperidine rings is 1. The molecule has 1 saturated carbocycles. The van der Waals surface area contributed by atoms with Gasteiger partial charge in [0.2, 0.25) is 11.8 Å². The minimum Gasteiger partial charge on any atom is -0.339 e. The Bertz CT molecular complexity index is 648. The lowest BCUT2D eigenvalue weighted by atomic mass is 10.1. The van der Waals surface area contributed by atoms with E-state index in [1.54, 1.807) is 4.90 Å². The average Bonchev–Trinajstić information content (AvgIpc) is 3.29.